The van der Waals surface area contributed by atoms with Crippen LogP contribution in [0.2, 0.25) is 0 Å². The molecule has 1 fully saturated rings. The molecule has 3 rings (SSSR count). The fourth-order valence-electron chi connectivity index (χ4n) is 3.63. The fraction of sp³-hybridized carbons (Fsp3) is 0.500. The Morgan fingerprint density at radius 2 is 1.92 bits per heavy atom. The first-order chi connectivity index (χ1) is 12.1. The predicted octanol–water partition coefficient (Wildman–Crippen LogP) is 2.91. The number of piperidine rings is 1. The molecule has 0 bridgehead atoms. The summed E-state index contributed by atoms with van der Waals surface area (Å²) in [5.74, 6) is 0.0607. The van der Waals surface area contributed by atoms with Crippen molar-refractivity contribution in [1.29, 1.82) is 0 Å². The van der Waals surface area contributed by atoms with E-state index in [1.54, 1.807) is 0 Å². The molecule has 1 aromatic carbocycles. The second kappa shape index (κ2) is 8.30. The fourth-order valence-corrected chi connectivity index (χ4v) is 3.63. The number of hydrogen-bond acceptors (Lipinski definition) is 3. The summed E-state index contributed by atoms with van der Waals surface area (Å²) in [4.78, 5) is 15.0. The quantitative estimate of drug-likeness (QED) is 0.850. The highest BCUT2D eigenvalue weighted by atomic mass is 16.1. The van der Waals surface area contributed by atoms with Crippen molar-refractivity contribution in [2.75, 3.05) is 19.6 Å². The lowest BCUT2D eigenvalue weighted by atomic mass is 10.0. The maximum Gasteiger partial charge on any atom is 0.224 e. The zero-order chi connectivity index (χ0) is 17.6. The number of nitrogens with zero attached hydrogens (tertiary/aromatic N) is 2. The van der Waals surface area contributed by atoms with Crippen LogP contribution in [-0.4, -0.2) is 40.6 Å². The summed E-state index contributed by atoms with van der Waals surface area (Å²) in [7, 11) is 0. The topological polar surface area (TPSA) is 61.0 Å². The van der Waals surface area contributed by atoms with Gasteiger partial charge in [-0.2, -0.15) is 5.10 Å². The zero-order valence-electron chi connectivity index (χ0n) is 15.2. The minimum atomic E-state index is 0.0607. The first-order valence-corrected chi connectivity index (χ1v) is 9.21. The Morgan fingerprint density at radius 3 is 2.56 bits per heavy atom. The molecule has 2 aromatic rings. The minimum Gasteiger partial charge on any atom is -0.354 e. The van der Waals surface area contributed by atoms with Gasteiger partial charge in [0.2, 0.25) is 5.91 Å². The van der Waals surface area contributed by atoms with E-state index < -0.39 is 0 Å². The summed E-state index contributed by atoms with van der Waals surface area (Å²) >= 11 is 0. The molecule has 2 N–H and O–H groups in total. The van der Waals surface area contributed by atoms with Gasteiger partial charge in [-0.25, -0.2) is 0 Å². The number of amides is 1. The van der Waals surface area contributed by atoms with Gasteiger partial charge in [-0.15, -0.1) is 0 Å². The van der Waals surface area contributed by atoms with Gasteiger partial charge in [0.15, 0.2) is 0 Å². The molecule has 1 aliphatic heterocycles. The summed E-state index contributed by atoms with van der Waals surface area (Å²) in [6.45, 7) is 6.76. The van der Waals surface area contributed by atoms with Gasteiger partial charge in [-0.05, 0) is 45.3 Å². The van der Waals surface area contributed by atoms with E-state index in [0.29, 0.717) is 13.0 Å². The van der Waals surface area contributed by atoms with Gasteiger partial charge in [-0.3, -0.25) is 14.8 Å². The lowest BCUT2D eigenvalue weighted by Gasteiger charge is -2.35. The molecule has 25 heavy (non-hydrogen) atoms. The molecular weight excluding hydrogens is 312 g/mol. The number of benzene rings is 1. The molecule has 5 heteroatoms. The van der Waals surface area contributed by atoms with E-state index in [9.17, 15) is 4.79 Å². The van der Waals surface area contributed by atoms with Crippen LogP contribution in [0.3, 0.4) is 0 Å². The van der Waals surface area contributed by atoms with Crippen molar-refractivity contribution in [3.63, 3.8) is 0 Å². The highest BCUT2D eigenvalue weighted by Crippen LogP contribution is 2.24. The SMILES string of the molecule is Cc1n[nH]c(C)c1CC(=O)NCC(c1ccccc1)N1CCCCC1. The molecule has 1 aromatic heterocycles. The lowest BCUT2D eigenvalue weighted by molar-refractivity contribution is -0.120. The molecule has 0 spiro atoms. The van der Waals surface area contributed by atoms with Gasteiger partial charge < -0.3 is 5.32 Å². The second-order valence-electron chi connectivity index (χ2n) is 6.92. The van der Waals surface area contributed by atoms with Gasteiger partial charge in [0, 0.05) is 17.8 Å². The summed E-state index contributed by atoms with van der Waals surface area (Å²) in [6.07, 6.45) is 4.18. The highest BCUT2D eigenvalue weighted by Gasteiger charge is 2.23. The average molecular weight is 340 g/mol. The van der Waals surface area contributed by atoms with Crippen molar-refractivity contribution >= 4 is 5.91 Å². The molecule has 1 unspecified atom stereocenters. The highest BCUT2D eigenvalue weighted by molar-refractivity contribution is 5.79. The zero-order valence-corrected chi connectivity index (χ0v) is 15.2. The van der Waals surface area contributed by atoms with Crippen molar-refractivity contribution in [3.05, 3.63) is 52.8 Å². The molecule has 1 aliphatic rings. The lowest BCUT2D eigenvalue weighted by Crippen LogP contribution is -2.41. The van der Waals surface area contributed by atoms with Crippen LogP contribution < -0.4 is 5.32 Å². The molecule has 1 saturated heterocycles. The van der Waals surface area contributed by atoms with Gasteiger partial charge in [0.05, 0.1) is 18.2 Å². The number of aromatic nitrogens is 2. The van der Waals surface area contributed by atoms with Crippen LogP contribution in [-0.2, 0) is 11.2 Å². The smallest absolute Gasteiger partial charge is 0.224 e. The number of aryl methyl sites for hydroxylation is 2. The van der Waals surface area contributed by atoms with E-state index in [1.807, 2.05) is 19.9 Å². The summed E-state index contributed by atoms with van der Waals surface area (Å²) in [5, 5.41) is 10.3. The van der Waals surface area contributed by atoms with Crippen molar-refractivity contribution in [2.45, 2.75) is 45.6 Å². The molecular formula is C20H28N4O. The number of likely N-dealkylation sites (tertiary alicyclic amines) is 1. The third-order valence-corrected chi connectivity index (χ3v) is 5.13. The van der Waals surface area contributed by atoms with Crippen molar-refractivity contribution < 1.29 is 4.79 Å². The summed E-state index contributed by atoms with van der Waals surface area (Å²) in [6, 6.07) is 10.8. The van der Waals surface area contributed by atoms with Gasteiger partial charge in [0.1, 0.15) is 0 Å². The number of H-pyrrole nitrogens is 1. The molecule has 2 heterocycles. The van der Waals surface area contributed by atoms with Crippen LogP contribution in [0, 0.1) is 13.8 Å². The predicted molar refractivity (Wildman–Crippen MR) is 99.4 cm³/mol. The van der Waals surface area contributed by atoms with Crippen LogP contribution in [0.15, 0.2) is 30.3 Å². The average Bonchev–Trinajstić information content (AvgIpc) is 2.96. The maximum atomic E-state index is 12.5. The molecule has 134 valence electrons. The van der Waals surface area contributed by atoms with Crippen LogP contribution in [0.1, 0.15) is 47.8 Å². The molecule has 1 atom stereocenters. The van der Waals surface area contributed by atoms with E-state index in [1.165, 1.54) is 24.8 Å². The first-order valence-electron chi connectivity index (χ1n) is 9.21. The van der Waals surface area contributed by atoms with Crippen LogP contribution in [0.4, 0.5) is 0 Å². The Morgan fingerprint density at radius 1 is 1.20 bits per heavy atom. The number of hydrogen-bond donors (Lipinski definition) is 2. The third-order valence-electron chi connectivity index (χ3n) is 5.13. The molecule has 1 amide bonds. The number of rotatable bonds is 6. The molecule has 0 radical (unpaired) electrons. The first kappa shape index (κ1) is 17.7. The number of aromatic amines is 1. The maximum absolute atomic E-state index is 12.5. The Kier molecular flexibility index (Phi) is 5.87. The second-order valence-corrected chi connectivity index (χ2v) is 6.92. The minimum absolute atomic E-state index is 0.0607. The van der Waals surface area contributed by atoms with Gasteiger partial charge in [0.25, 0.3) is 0 Å². The van der Waals surface area contributed by atoms with E-state index in [4.69, 9.17) is 0 Å². The Bertz CT molecular complexity index is 669. The largest absolute Gasteiger partial charge is 0.354 e. The monoisotopic (exact) mass is 340 g/mol. The van der Waals surface area contributed by atoms with Crippen molar-refractivity contribution in [1.82, 2.24) is 20.4 Å². The van der Waals surface area contributed by atoms with Crippen LogP contribution in [0.25, 0.3) is 0 Å². The summed E-state index contributed by atoms with van der Waals surface area (Å²) < 4.78 is 0. The number of nitrogens with one attached hydrogen (secondary N) is 2. The van der Waals surface area contributed by atoms with E-state index in [0.717, 1.165) is 30.0 Å². The van der Waals surface area contributed by atoms with Crippen LogP contribution >= 0.6 is 0 Å². The standard InChI is InChI=1S/C20H28N4O/c1-15-18(16(2)23-22-15)13-20(25)21-14-19(17-9-5-3-6-10-17)24-11-7-4-8-12-24/h3,5-6,9-10,19H,4,7-8,11-14H2,1-2H3,(H,21,25)(H,22,23). The van der Waals surface area contributed by atoms with E-state index in [2.05, 4.69) is 44.7 Å². The number of carbonyl (C=O) groups excluding carboxylic acids is 1. The normalized spacial score (nSPS) is 16.6. The van der Waals surface area contributed by atoms with E-state index in [-0.39, 0.29) is 11.9 Å². The number of carbonyl (C=O) groups is 1. The molecule has 0 aliphatic carbocycles. The van der Waals surface area contributed by atoms with Crippen molar-refractivity contribution in [2.24, 2.45) is 0 Å². The summed E-state index contributed by atoms with van der Waals surface area (Å²) in [5.41, 5.74) is 4.17. The molecule has 0 saturated carbocycles. The Balaban J connectivity index is 1.65. The van der Waals surface area contributed by atoms with Crippen molar-refractivity contribution in [3.8, 4) is 0 Å². The van der Waals surface area contributed by atoms with Crippen LogP contribution in [0.5, 0.6) is 0 Å². The molecule has 5 nitrogen and oxygen atoms in total. The Hall–Kier alpha value is -2.14. The van der Waals surface area contributed by atoms with Gasteiger partial charge in [-0.1, -0.05) is 36.8 Å². The third kappa shape index (κ3) is 4.48. The van der Waals surface area contributed by atoms with Gasteiger partial charge >= 0.3 is 0 Å². The van der Waals surface area contributed by atoms with E-state index >= 15 is 0 Å². The Labute approximate surface area is 149 Å².